The largest absolute Gasteiger partial charge is 0.493 e. The van der Waals surface area contributed by atoms with Crippen molar-refractivity contribution in [1.82, 2.24) is 4.90 Å². The van der Waals surface area contributed by atoms with Gasteiger partial charge in [0, 0.05) is 19.1 Å². The highest BCUT2D eigenvalue weighted by molar-refractivity contribution is 5.43. The van der Waals surface area contributed by atoms with Crippen LogP contribution in [0.1, 0.15) is 31.4 Å². The molecule has 2 rings (SSSR count). The Labute approximate surface area is 121 Å². The first kappa shape index (κ1) is 15.1. The topological polar surface area (TPSA) is 47.7 Å². The molecule has 0 aromatic heterocycles. The third kappa shape index (κ3) is 3.64. The zero-order chi connectivity index (χ0) is 14.5. The fraction of sp³-hybridized carbons (Fsp3) is 0.625. The lowest BCUT2D eigenvalue weighted by atomic mass is 9.99. The Morgan fingerprint density at radius 1 is 1.30 bits per heavy atom. The normalized spacial score (nSPS) is 21.5. The molecule has 0 radical (unpaired) electrons. The van der Waals surface area contributed by atoms with E-state index in [9.17, 15) is 0 Å². The average molecular weight is 278 g/mol. The maximum Gasteiger partial charge on any atom is 0.161 e. The second-order valence-electron chi connectivity index (χ2n) is 5.73. The van der Waals surface area contributed by atoms with Crippen LogP contribution >= 0.6 is 0 Å². The summed E-state index contributed by atoms with van der Waals surface area (Å²) in [4.78, 5) is 2.47. The zero-order valence-corrected chi connectivity index (χ0v) is 12.8. The SMILES string of the molecule is COc1ccc(C(N)CN2CCCC(C)C2)cc1OC. The molecule has 2 atom stereocenters. The predicted molar refractivity (Wildman–Crippen MR) is 81.3 cm³/mol. The van der Waals surface area contributed by atoms with Gasteiger partial charge in [0.15, 0.2) is 11.5 Å². The molecule has 1 aliphatic rings. The predicted octanol–water partition coefficient (Wildman–Crippen LogP) is 2.44. The highest BCUT2D eigenvalue weighted by atomic mass is 16.5. The average Bonchev–Trinajstić information content (AvgIpc) is 2.46. The summed E-state index contributed by atoms with van der Waals surface area (Å²) in [5, 5.41) is 0. The lowest BCUT2D eigenvalue weighted by Crippen LogP contribution is -2.39. The van der Waals surface area contributed by atoms with Gasteiger partial charge >= 0.3 is 0 Å². The van der Waals surface area contributed by atoms with E-state index in [2.05, 4.69) is 11.8 Å². The van der Waals surface area contributed by atoms with Crippen LogP contribution in [0, 0.1) is 5.92 Å². The molecule has 4 heteroatoms. The summed E-state index contributed by atoms with van der Waals surface area (Å²) in [5.41, 5.74) is 7.45. The molecule has 112 valence electrons. The summed E-state index contributed by atoms with van der Waals surface area (Å²) in [6, 6.07) is 5.95. The molecule has 2 N–H and O–H groups in total. The van der Waals surface area contributed by atoms with Crippen molar-refractivity contribution in [1.29, 1.82) is 0 Å². The van der Waals surface area contributed by atoms with Crippen molar-refractivity contribution in [3.05, 3.63) is 23.8 Å². The fourth-order valence-electron chi connectivity index (χ4n) is 2.92. The first-order valence-corrected chi connectivity index (χ1v) is 7.34. The molecule has 1 aliphatic heterocycles. The van der Waals surface area contributed by atoms with Crippen molar-refractivity contribution >= 4 is 0 Å². The van der Waals surface area contributed by atoms with Crippen LogP contribution < -0.4 is 15.2 Å². The van der Waals surface area contributed by atoms with Crippen molar-refractivity contribution in [3.8, 4) is 11.5 Å². The molecule has 1 saturated heterocycles. The number of rotatable bonds is 5. The molecular weight excluding hydrogens is 252 g/mol. The van der Waals surface area contributed by atoms with Crippen LogP contribution in [0.3, 0.4) is 0 Å². The quantitative estimate of drug-likeness (QED) is 0.898. The zero-order valence-electron chi connectivity index (χ0n) is 12.8. The lowest BCUT2D eigenvalue weighted by molar-refractivity contribution is 0.174. The van der Waals surface area contributed by atoms with Gasteiger partial charge in [0.25, 0.3) is 0 Å². The van der Waals surface area contributed by atoms with E-state index in [1.807, 2.05) is 18.2 Å². The summed E-state index contributed by atoms with van der Waals surface area (Å²) in [6.45, 7) is 5.53. The van der Waals surface area contributed by atoms with Crippen molar-refractivity contribution in [2.45, 2.75) is 25.8 Å². The minimum Gasteiger partial charge on any atom is -0.493 e. The van der Waals surface area contributed by atoms with Crippen LogP contribution in [-0.4, -0.2) is 38.8 Å². The van der Waals surface area contributed by atoms with Crippen LogP contribution in [0.25, 0.3) is 0 Å². The number of methoxy groups -OCH3 is 2. The number of ether oxygens (including phenoxy) is 2. The maximum absolute atomic E-state index is 6.35. The van der Waals surface area contributed by atoms with E-state index >= 15 is 0 Å². The molecule has 2 unspecified atom stereocenters. The van der Waals surface area contributed by atoms with Crippen LogP contribution in [0.5, 0.6) is 11.5 Å². The van der Waals surface area contributed by atoms with Crippen LogP contribution in [-0.2, 0) is 0 Å². The van der Waals surface area contributed by atoms with Gasteiger partial charge in [-0.15, -0.1) is 0 Å². The van der Waals surface area contributed by atoms with Gasteiger partial charge in [-0.3, -0.25) is 0 Å². The van der Waals surface area contributed by atoms with Gasteiger partial charge in [-0.05, 0) is 43.0 Å². The van der Waals surface area contributed by atoms with E-state index in [1.54, 1.807) is 14.2 Å². The lowest BCUT2D eigenvalue weighted by Gasteiger charge is -2.32. The van der Waals surface area contributed by atoms with Crippen molar-refractivity contribution in [3.63, 3.8) is 0 Å². The van der Waals surface area contributed by atoms with Crippen molar-refractivity contribution in [2.75, 3.05) is 33.9 Å². The molecule has 1 aromatic rings. The number of nitrogens with two attached hydrogens (primary N) is 1. The molecule has 0 spiro atoms. The number of hydrogen-bond donors (Lipinski definition) is 1. The smallest absolute Gasteiger partial charge is 0.161 e. The first-order chi connectivity index (χ1) is 9.63. The van der Waals surface area contributed by atoms with E-state index in [0.29, 0.717) is 0 Å². The number of benzene rings is 1. The third-order valence-corrected chi connectivity index (χ3v) is 4.03. The highest BCUT2D eigenvalue weighted by Crippen LogP contribution is 2.30. The number of likely N-dealkylation sites (tertiary alicyclic amines) is 1. The Bertz CT molecular complexity index is 436. The van der Waals surface area contributed by atoms with Crippen LogP contribution in [0.4, 0.5) is 0 Å². The van der Waals surface area contributed by atoms with Crippen LogP contribution in [0.2, 0.25) is 0 Å². The summed E-state index contributed by atoms with van der Waals surface area (Å²) >= 11 is 0. The molecule has 20 heavy (non-hydrogen) atoms. The summed E-state index contributed by atoms with van der Waals surface area (Å²) < 4.78 is 10.6. The van der Waals surface area contributed by atoms with E-state index < -0.39 is 0 Å². The Hall–Kier alpha value is -1.26. The van der Waals surface area contributed by atoms with E-state index in [4.69, 9.17) is 15.2 Å². The minimum absolute atomic E-state index is 0.0140. The molecule has 0 aliphatic carbocycles. The number of piperidine rings is 1. The minimum atomic E-state index is 0.0140. The molecule has 4 nitrogen and oxygen atoms in total. The third-order valence-electron chi connectivity index (χ3n) is 4.03. The van der Waals surface area contributed by atoms with E-state index in [1.165, 1.54) is 12.8 Å². The monoisotopic (exact) mass is 278 g/mol. The van der Waals surface area contributed by atoms with Gasteiger partial charge in [0.1, 0.15) is 0 Å². The Kier molecular flexibility index (Phi) is 5.26. The second kappa shape index (κ2) is 6.95. The van der Waals surface area contributed by atoms with Gasteiger partial charge in [0.05, 0.1) is 14.2 Å². The molecule has 0 saturated carbocycles. The summed E-state index contributed by atoms with van der Waals surface area (Å²) in [5.74, 6) is 2.27. The molecule has 1 fully saturated rings. The van der Waals surface area contributed by atoms with Gasteiger partial charge < -0.3 is 20.1 Å². The van der Waals surface area contributed by atoms with Gasteiger partial charge in [-0.25, -0.2) is 0 Å². The summed E-state index contributed by atoms with van der Waals surface area (Å²) in [7, 11) is 3.30. The van der Waals surface area contributed by atoms with Crippen molar-refractivity contribution < 1.29 is 9.47 Å². The number of nitrogens with zero attached hydrogens (tertiary/aromatic N) is 1. The standard InChI is InChI=1S/C16H26N2O2/c1-12-5-4-8-18(10-12)11-14(17)13-6-7-15(19-2)16(9-13)20-3/h6-7,9,12,14H,4-5,8,10-11,17H2,1-3H3. The fourth-order valence-corrected chi connectivity index (χ4v) is 2.92. The van der Waals surface area contributed by atoms with Crippen molar-refractivity contribution in [2.24, 2.45) is 11.7 Å². The maximum atomic E-state index is 6.35. The number of hydrogen-bond acceptors (Lipinski definition) is 4. The second-order valence-corrected chi connectivity index (χ2v) is 5.73. The molecule has 0 amide bonds. The van der Waals surface area contributed by atoms with Crippen LogP contribution in [0.15, 0.2) is 18.2 Å². The Morgan fingerprint density at radius 3 is 2.70 bits per heavy atom. The molecule has 0 bridgehead atoms. The molecule has 1 heterocycles. The Balaban J connectivity index is 2.03. The van der Waals surface area contributed by atoms with E-state index in [0.717, 1.165) is 42.6 Å². The van der Waals surface area contributed by atoms with Gasteiger partial charge in [-0.1, -0.05) is 13.0 Å². The summed E-state index contributed by atoms with van der Waals surface area (Å²) in [6.07, 6.45) is 2.61. The van der Waals surface area contributed by atoms with Gasteiger partial charge in [-0.2, -0.15) is 0 Å². The highest BCUT2D eigenvalue weighted by Gasteiger charge is 2.19. The molecule has 1 aromatic carbocycles. The first-order valence-electron chi connectivity index (χ1n) is 7.34. The Morgan fingerprint density at radius 2 is 2.05 bits per heavy atom. The molecular formula is C16H26N2O2. The van der Waals surface area contributed by atoms with E-state index in [-0.39, 0.29) is 6.04 Å². The van der Waals surface area contributed by atoms with Gasteiger partial charge in [0.2, 0.25) is 0 Å².